The summed E-state index contributed by atoms with van der Waals surface area (Å²) in [6, 6.07) is 0. The van der Waals surface area contributed by atoms with Crippen LogP contribution in [0, 0.1) is 0 Å². The lowest BCUT2D eigenvalue weighted by molar-refractivity contribution is -0.870. The number of quaternary nitrogens is 1. The molecule has 55 heavy (non-hydrogen) atoms. The van der Waals surface area contributed by atoms with Gasteiger partial charge in [-0.3, -0.25) is 13.8 Å². The van der Waals surface area contributed by atoms with Gasteiger partial charge >= 0.3 is 13.8 Å². The van der Waals surface area contributed by atoms with Gasteiger partial charge in [0.1, 0.15) is 19.3 Å². The highest BCUT2D eigenvalue weighted by atomic mass is 31.2. The Kier molecular flexibility index (Phi) is 38.6. The maximum absolute atomic E-state index is 12.7. The van der Waals surface area contributed by atoms with Gasteiger partial charge in [-0.15, -0.1) is 0 Å². The SMILES string of the molecule is CCCC/C=C\C/C=C\CCCCCCCC(=O)OC(COCCCCCCCCCC/C=C\CCCCCCCCC)COP(=O)(O)OCC[N+](C)(C)C. The number of likely N-dealkylation sites (N-methyl/N-ethyl adjacent to an activating group) is 1. The van der Waals surface area contributed by atoms with Crippen LogP contribution in [-0.2, 0) is 27.9 Å². The molecule has 0 amide bonds. The summed E-state index contributed by atoms with van der Waals surface area (Å²) in [6.07, 6.45) is 46.0. The van der Waals surface area contributed by atoms with Gasteiger partial charge in [-0.25, -0.2) is 4.57 Å². The number of esters is 1. The van der Waals surface area contributed by atoms with Crippen LogP contribution in [0.2, 0.25) is 0 Å². The van der Waals surface area contributed by atoms with Gasteiger partial charge in [-0.1, -0.05) is 159 Å². The molecule has 0 aliphatic carbocycles. The Morgan fingerprint density at radius 3 is 1.55 bits per heavy atom. The monoisotopic (exact) mass is 799 g/mol. The number of unbranched alkanes of at least 4 members (excludes halogenated alkanes) is 22. The molecular weight excluding hydrogens is 709 g/mol. The van der Waals surface area contributed by atoms with E-state index in [1.54, 1.807) is 0 Å². The number of hydrogen-bond acceptors (Lipinski definition) is 6. The molecule has 0 saturated carbocycles. The second-order valence-corrected chi connectivity index (χ2v) is 17.9. The maximum Gasteiger partial charge on any atom is 0.472 e. The molecule has 0 aliphatic heterocycles. The van der Waals surface area contributed by atoms with Crippen molar-refractivity contribution in [1.29, 1.82) is 0 Å². The van der Waals surface area contributed by atoms with Crippen molar-refractivity contribution >= 4 is 13.8 Å². The summed E-state index contributed by atoms with van der Waals surface area (Å²) < 4.78 is 35.0. The molecule has 0 radical (unpaired) electrons. The Balaban J connectivity index is 4.21. The van der Waals surface area contributed by atoms with Gasteiger partial charge in [0, 0.05) is 13.0 Å². The molecule has 0 fully saturated rings. The van der Waals surface area contributed by atoms with E-state index in [9.17, 15) is 14.3 Å². The predicted molar refractivity (Wildman–Crippen MR) is 233 cm³/mol. The van der Waals surface area contributed by atoms with Crippen molar-refractivity contribution in [2.24, 2.45) is 0 Å². The fourth-order valence-corrected chi connectivity index (χ4v) is 6.83. The highest BCUT2D eigenvalue weighted by Crippen LogP contribution is 2.43. The average Bonchev–Trinajstić information content (AvgIpc) is 3.13. The summed E-state index contributed by atoms with van der Waals surface area (Å²) in [7, 11) is 1.66. The fourth-order valence-electron chi connectivity index (χ4n) is 6.09. The molecule has 0 aromatic heterocycles. The van der Waals surface area contributed by atoms with E-state index < -0.39 is 13.9 Å². The Bertz CT molecular complexity index is 978. The number of allylic oxidation sites excluding steroid dienone is 6. The number of hydrogen-bond donors (Lipinski definition) is 1. The largest absolute Gasteiger partial charge is 0.472 e. The van der Waals surface area contributed by atoms with Crippen molar-refractivity contribution in [3.05, 3.63) is 36.5 Å². The molecule has 0 spiro atoms. The van der Waals surface area contributed by atoms with Gasteiger partial charge in [0.05, 0.1) is 34.4 Å². The van der Waals surface area contributed by atoms with Crippen LogP contribution in [0.5, 0.6) is 0 Å². The minimum absolute atomic E-state index is 0.0851. The first-order valence-corrected chi connectivity index (χ1v) is 24.2. The van der Waals surface area contributed by atoms with E-state index in [4.69, 9.17) is 18.5 Å². The van der Waals surface area contributed by atoms with Crippen LogP contribution >= 0.6 is 7.82 Å². The number of phosphoric acid groups is 1. The van der Waals surface area contributed by atoms with Gasteiger partial charge < -0.3 is 18.9 Å². The van der Waals surface area contributed by atoms with Crippen molar-refractivity contribution < 1.29 is 37.3 Å². The molecule has 0 aliphatic rings. The summed E-state index contributed by atoms with van der Waals surface area (Å²) in [5.41, 5.74) is 0. The molecule has 0 rings (SSSR count). The van der Waals surface area contributed by atoms with Gasteiger partial charge in [-0.2, -0.15) is 0 Å². The molecule has 0 heterocycles. The number of phosphoric ester groups is 1. The average molecular weight is 799 g/mol. The second-order valence-electron chi connectivity index (χ2n) is 16.4. The van der Waals surface area contributed by atoms with Gasteiger partial charge in [-0.05, 0) is 64.2 Å². The molecule has 0 bridgehead atoms. The lowest BCUT2D eigenvalue weighted by Crippen LogP contribution is -2.37. The van der Waals surface area contributed by atoms with Crippen LogP contribution in [-0.4, -0.2) is 75.6 Å². The van der Waals surface area contributed by atoms with Crippen molar-refractivity contribution in [2.75, 3.05) is 54.1 Å². The lowest BCUT2D eigenvalue weighted by Gasteiger charge is -2.24. The minimum atomic E-state index is -4.28. The first-order valence-electron chi connectivity index (χ1n) is 22.7. The topological polar surface area (TPSA) is 91.3 Å². The Hall–Kier alpha value is -1.28. The van der Waals surface area contributed by atoms with Crippen molar-refractivity contribution in [2.45, 2.75) is 200 Å². The Morgan fingerprint density at radius 2 is 1.02 bits per heavy atom. The molecule has 8 nitrogen and oxygen atoms in total. The van der Waals surface area contributed by atoms with Crippen molar-refractivity contribution in [1.82, 2.24) is 0 Å². The van der Waals surface area contributed by atoms with E-state index in [0.29, 0.717) is 24.1 Å². The van der Waals surface area contributed by atoms with Gasteiger partial charge in [0.15, 0.2) is 0 Å². The van der Waals surface area contributed by atoms with Crippen LogP contribution in [0.1, 0.15) is 194 Å². The first-order chi connectivity index (χ1) is 26.6. The summed E-state index contributed by atoms with van der Waals surface area (Å²) in [5.74, 6) is -0.328. The maximum atomic E-state index is 12.7. The predicted octanol–water partition coefficient (Wildman–Crippen LogP) is 13.4. The zero-order chi connectivity index (χ0) is 40.6. The van der Waals surface area contributed by atoms with E-state index >= 15 is 0 Å². The van der Waals surface area contributed by atoms with E-state index in [1.165, 1.54) is 116 Å². The van der Waals surface area contributed by atoms with Crippen LogP contribution in [0.15, 0.2) is 36.5 Å². The standard InChI is InChI=1S/C46H88NO7P/c1-6-8-10-12-14-16-18-20-22-23-24-25-26-28-30-32-34-36-38-41-51-43-45(44-53-55(49,50)52-42-40-47(3,4)5)54-46(48)39-37-35-33-31-29-27-21-19-17-15-13-11-9-7-2/h13,15,19,21-23,45H,6-12,14,16-18,20,24-44H2,1-5H3/p+1/b15-13-,21-19-,23-22-. The highest BCUT2D eigenvalue weighted by molar-refractivity contribution is 7.47. The highest BCUT2D eigenvalue weighted by Gasteiger charge is 2.26. The minimum Gasteiger partial charge on any atom is -0.457 e. The summed E-state index contributed by atoms with van der Waals surface area (Å²) >= 11 is 0. The molecule has 2 unspecified atom stereocenters. The zero-order valence-electron chi connectivity index (χ0n) is 36.7. The number of nitrogens with zero attached hydrogens (tertiary/aromatic N) is 1. The molecule has 2 atom stereocenters. The van der Waals surface area contributed by atoms with E-state index in [-0.39, 0.29) is 25.8 Å². The Labute approximate surface area is 340 Å². The lowest BCUT2D eigenvalue weighted by atomic mass is 10.1. The van der Waals surface area contributed by atoms with E-state index in [1.807, 2.05) is 21.1 Å². The van der Waals surface area contributed by atoms with E-state index in [2.05, 4.69) is 50.3 Å². The summed E-state index contributed by atoms with van der Waals surface area (Å²) in [6.45, 7) is 5.57. The first kappa shape index (κ1) is 53.7. The van der Waals surface area contributed by atoms with Crippen LogP contribution < -0.4 is 0 Å². The third-order valence-electron chi connectivity index (χ3n) is 9.67. The quantitative estimate of drug-likeness (QED) is 0.0216. The number of carbonyl (C=O) groups is 1. The normalized spacial score (nSPS) is 14.1. The summed E-state index contributed by atoms with van der Waals surface area (Å²) in [5, 5.41) is 0. The third-order valence-corrected chi connectivity index (χ3v) is 10.7. The molecule has 0 aromatic carbocycles. The second kappa shape index (κ2) is 39.5. The zero-order valence-corrected chi connectivity index (χ0v) is 37.6. The van der Waals surface area contributed by atoms with Crippen LogP contribution in [0.3, 0.4) is 0 Å². The molecule has 324 valence electrons. The molecule has 0 aromatic rings. The summed E-state index contributed by atoms with van der Waals surface area (Å²) in [4.78, 5) is 22.9. The molecule has 9 heteroatoms. The van der Waals surface area contributed by atoms with Crippen LogP contribution in [0.4, 0.5) is 0 Å². The molecule has 0 saturated heterocycles. The number of carbonyl (C=O) groups excluding carboxylic acids is 1. The number of ether oxygens (including phenoxy) is 2. The van der Waals surface area contributed by atoms with Gasteiger partial charge in [0.25, 0.3) is 0 Å². The molecule has 1 N–H and O–H groups in total. The third kappa shape index (κ3) is 43.7. The van der Waals surface area contributed by atoms with Crippen LogP contribution in [0.25, 0.3) is 0 Å². The number of rotatable bonds is 42. The Morgan fingerprint density at radius 1 is 0.564 bits per heavy atom. The van der Waals surface area contributed by atoms with Crippen molar-refractivity contribution in [3.8, 4) is 0 Å². The van der Waals surface area contributed by atoms with Crippen molar-refractivity contribution in [3.63, 3.8) is 0 Å². The fraction of sp³-hybridized carbons (Fsp3) is 0.848. The smallest absolute Gasteiger partial charge is 0.457 e. The van der Waals surface area contributed by atoms with E-state index in [0.717, 1.165) is 57.8 Å². The molecular formula is C46H89NO7P+. The van der Waals surface area contributed by atoms with Gasteiger partial charge in [0.2, 0.25) is 0 Å².